The first-order chi connectivity index (χ1) is 6.36. The molecule has 13 heavy (non-hydrogen) atoms. The molecule has 2 heterocycles. The van der Waals surface area contributed by atoms with Gasteiger partial charge in [-0.05, 0) is 36.7 Å². The zero-order valence-corrected chi connectivity index (χ0v) is 8.75. The van der Waals surface area contributed by atoms with Gasteiger partial charge in [-0.2, -0.15) is 0 Å². The van der Waals surface area contributed by atoms with Gasteiger partial charge in [0.1, 0.15) is 0 Å². The highest BCUT2D eigenvalue weighted by molar-refractivity contribution is 7.73. The summed E-state index contributed by atoms with van der Waals surface area (Å²) in [5.41, 5.74) is 2.86. The maximum absolute atomic E-state index is 5.33. The third kappa shape index (κ3) is 1.00. The second-order valence-electron chi connectivity index (χ2n) is 3.39. The van der Waals surface area contributed by atoms with Gasteiger partial charge in [-0.1, -0.05) is 12.1 Å². The van der Waals surface area contributed by atoms with E-state index in [2.05, 4.69) is 22.8 Å². The Morgan fingerprint density at radius 1 is 1.38 bits per heavy atom. The van der Waals surface area contributed by atoms with Crippen LogP contribution in [0.3, 0.4) is 0 Å². The predicted molar refractivity (Wildman–Crippen MR) is 59.0 cm³/mol. The van der Waals surface area contributed by atoms with Crippen molar-refractivity contribution in [1.29, 1.82) is 0 Å². The molecule has 3 rings (SSSR count). The summed E-state index contributed by atoms with van der Waals surface area (Å²) < 4.78 is 4.66. The highest BCUT2D eigenvalue weighted by Gasteiger charge is 2.13. The van der Waals surface area contributed by atoms with Crippen molar-refractivity contribution in [3.63, 3.8) is 0 Å². The highest BCUT2D eigenvalue weighted by atomic mass is 32.1. The van der Waals surface area contributed by atoms with Gasteiger partial charge in [0.15, 0.2) is 3.95 Å². The van der Waals surface area contributed by atoms with Crippen molar-refractivity contribution in [3.8, 4) is 0 Å². The van der Waals surface area contributed by atoms with Crippen LogP contribution in [0.25, 0.3) is 10.2 Å². The lowest BCUT2D eigenvalue weighted by molar-refractivity contribution is 0.633. The fourth-order valence-electron chi connectivity index (χ4n) is 2.03. The molecule has 0 bridgehead atoms. The Hall–Kier alpha value is -0.670. The van der Waals surface area contributed by atoms with Crippen molar-refractivity contribution >= 4 is 33.8 Å². The van der Waals surface area contributed by atoms with Crippen LogP contribution in [-0.2, 0) is 13.0 Å². The Morgan fingerprint density at radius 3 is 3.23 bits per heavy atom. The number of hydrogen-bond donors (Lipinski definition) is 0. The molecule has 3 heteroatoms. The Morgan fingerprint density at radius 2 is 2.31 bits per heavy atom. The van der Waals surface area contributed by atoms with E-state index in [4.69, 9.17) is 12.2 Å². The van der Waals surface area contributed by atoms with Gasteiger partial charge in [0, 0.05) is 6.54 Å². The summed E-state index contributed by atoms with van der Waals surface area (Å²) in [6, 6.07) is 6.53. The highest BCUT2D eigenvalue weighted by Crippen LogP contribution is 2.30. The van der Waals surface area contributed by atoms with E-state index >= 15 is 0 Å². The molecule has 2 aromatic rings. The van der Waals surface area contributed by atoms with E-state index in [0.717, 1.165) is 10.5 Å². The number of nitrogens with zero attached hydrogens (tertiary/aromatic N) is 1. The molecule has 1 aromatic heterocycles. The molecule has 1 aromatic carbocycles. The van der Waals surface area contributed by atoms with E-state index in [1.807, 2.05) is 0 Å². The lowest BCUT2D eigenvalue weighted by atomic mass is 10.1. The number of aryl methyl sites for hydroxylation is 2. The molecular weight excluding hydrogens is 198 g/mol. The molecular formula is C10H9NS2. The number of rotatable bonds is 0. The summed E-state index contributed by atoms with van der Waals surface area (Å²) in [5, 5.41) is 0. The molecule has 1 aliphatic heterocycles. The lowest BCUT2D eigenvalue weighted by Gasteiger charge is -2.14. The molecule has 0 amide bonds. The summed E-state index contributed by atoms with van der Waals surface area (Å²) in [7, 11) is 0. The third-order valence-corrected chi connectivity index (χ3v) is 4.01. The average molecular weight is 207 g/mol. The number of benzene rings is 1. The topological polar surface area (TPSA) is 4.93 Å². The van der Waals surface area contributed by atoms with Crippen LogP contribution in [0.15, 0.2) is 18.2 Å². The Kier molecular flexibility index (Phi) is 1.58. The normalized spacial score (nSPS) is 15.1. The Labute approximate surface area is 85.6 Å². The minimum absolute atomic E-state index is 1.03. The van der Waals surface area contributed by atoms with Crippen LogP contribution in [0.2, 0.25) is 0 Å². The van der Waals surface area contributed by atoms with Crippen molar-refractivity contribution in [2.75, 3.05) is 0 Å². The number of hydrogen-bond acceptors (Lipinski definition) is 2. The van der Waals surface area contributed by atoms with Crippen LogP contribution in [0, 0.1) is 3.95 Å². The van der Waals surface area contributed by atoms with Crippen LogP contribution in [0.5, 0.6) is 0 Å². The van der Waals surface area contributed by atoms with Crippen molar-refractivity contribution < 1.29 is 0 Å². The molecule has 0 radical (unpaired) electrons. The minimum atomic E-state index is 1.03. The van der Waals surface area contributed by atoms with Crippen molar-refractivity contribution in [1.82, 2.24) is 4.57 Å². The number of aromatic nitrogens is 1. The first-order valence-corrected chi connectivity index (χ1v) is 5.70. The molecule has 0 atom stereocenters. The molecule has 0 fully saturated rings. The molecule has 0 unspecified atom stereocenters. The zero-order valence-electron chi connectivity index (χ0n) is 7.12. The molecule has 0 saturated heterocycles. The monoisotopic (exact) mass is 207 g/mol. The van der Waals surface area contributed by atoms with E-state index in [1.54, 1.807) is 11.3 Å². The standard InChI is InChI=1S/C10H9NS2/c12-10-11-6-2-4-7-3-1-5-8(13-10)9(7)11/h1,3,5H,2,4,6H2. The van der Waals surface area contributed by atoms with Gasteiger partial charge in [0.2, 0.25) is 0 Å². The lowest BCUT2D eigenvalue weighted by Crippen LogP contribution is -2.06. The van der Waals surface area contributed by atoms with Crippen molar-refractivity contribution in [2.24, 2.45) is 0 Å². The van der Waals surface area contributed by atoms with Crippen LogP contribution >= 0.6 is 23.6 Å². The van der Waals surface area contributed by atoms with E-state index in [9.17, 15) is 0 Å². The second-order valence-corrected chi connectivity index (χ2v) is 5.06. The quantitative estimate of drug-likeness (QED) is 0.599. The largest absolute Gasteiger partial charge is 0.323 e. The molecule has 0 spiro atoms. The molecule has 1 nitrogen and oxygen atoms in total. The van der Waals surface area contributed by atoms with E-state index < -0.39 is 0 Å². The van der Waals surface area contributed by atoms with Gasteiger partial charge in [-0.25, -0.2) is 0 Å². The fourth-order valence-corrected chi connectivity index (χ4v) is 3.45. The summed E-state index contributed by atoms with van der Waals surface area (Å²) in [6.45, 7) is 1.11. The van der Waals surface area contributed by atoms with Crippen molar-refractivity contribution in [3.05, 3.63) is 27.7 Å². The zero-order chi connectivity index (χ0) is 8.84. The minimum Gasteiger partial charge on any atom is -0.323 e. The predicted octanol–water partition coefficient (Wildman–Crippen LogP) is 3.38. The molecule has 0 saturated carbocycles. The average Bonchev–Trinajstić information content (AvgIpc) is 2.47. The first kappa shape index (κ1) is 7.71. The summed E-state index contributed by atoms with van der Waals surface area (Å²) in [4.78, 5) is 0. The SMILES string of the molecule is S=c1sc2cccc3c2n1CCC3. The van der Waals surface area contributed by atoms with Crippen molar-refractivity contribution in [2.45, 2.75) is 19.4 Å². The number of para-hydroxylation sites is 1. The summed E-state index contributed by atoms with van der Waals surface area (Å²) >= 11 is 7.06. The van der Waals surface area contributed by atoms with Crippen LogP contribution in [0.4, 0.5) is 0 Å². The van der Waals surface area contributed by atoms with Crippen LogP contribution < -0.4 is 0 Å². The molecule has 1 aliphatic rings. The smallest absolute Gasteiger partial charge is 0.162 e. The first-order valence-electron chi connectivity index (χ1n) is 4.47. The van der Waals surface area contributed by atoms with E-state index in [1.165, 1.54) is 28.6 Å². The summed E-state index contributed by atoms with van der Waals surface area (Å²) in [6.07, 6.45) is 2.44. The van der Waals surface area contributed by atoms with Gasteiger partial charge < -0.3 is 4.57 Å². The maximum atomic E-state index is 5.33. The van der Waals surface area contributed by atoms with E-state index in [0.29, 0.717) is 0 Å². The fraction of sp³-hybridized carbons (Fsp3) is 0.300. The molecule has 66 valence electrons. The van der Waals surface area contributed by atoms with Gasteiger partial charge in [-0.3, -0.25) is 0 Å². The third-order valence-electron chi connectivity index (χ3n) is 2.60. The van der Waals surface area contributed by atoms with Gasteiger partial charge >= 0.3 is 0 Å². The number of thiazole rings is 1. The molecule has 0 aliphatic carbocycles. The maximum Gasteiger partial charge on any atom is 0.162 e. The summed E-state index contributed by atoms with van der Waals surface area (Å²) in [5.74, 6) is 0. The van der Waals surface area contributed by atoms with Gasteiger partial charge in [-0.15, -0.1) is 11.3 Å². The van der Waals surface area contributed by atoms with Gasteiger partial charge in [0.25, 0.3) is 0 Å². The second kappa shape index (κ2) is 2.66. The molecule has 0 N–H and O–H groups in total. The van der Waals surface area contributed by atoms with Gasteiger partial charge in [0.05, 0.1) is 10.2 Å². The van der Waals surface area contributed by atoms with E-state index in [-0.39, 0.29) is 0 Å². The Balaban J connectivity index is 2.58. The Bertz CT molecular complexity index is 521. The van der Waals surface area contributed by atoms with Crippen LogP contribution in [-0.4, -0.2) is 4.57 Å². The van der Waals surface area contributed by atoms with Crippen LogP contribution in [0.1, 0.15) is 12.0 Å².